The van der Waals surface area contributed by atoms with Crippen LogP contribution in [0.25, 0.3) is 0 Å². The molecule has 0 radical (unpaired) electrons. The highest BCUT2D eigenvalue weighted by molar-refractivity contribution is 7.09. The topological polar surface area (TPSA) is 24.9 Å². The van der Waals surface area contributed by atoms with Crippen LogP contribution in [0.15, 0.2) is 5.51 Å². The smallest absolute Gasteiger partial charge is 0.0798 e. The summed E-state index contributed by atoms with van der Waals surface area (Å²) in [7, 11) is 2.03. The van der Waals surface area contributed by atoms with E-state index in [1.807, 2.05) is 12.6 Å². The van der Waals surface area contributed by atoms with Gasteiger partial charge in [0.25, 0.3) is 0 Å². The summed E-state index contributed by atoms with van der Waals surface area (Å²) >= 11 is 1.76. The van der Waals surface area contributed by atoms with Gasteiger partial charge in [0.2, 0.25) is 0 Å². The van der Waals surface area contributed by atoms with Gasteiger partial charge in [0.15, 0.2) is 0 Å². The first-order valence-corrected chi connectivity index (χ1v) is 6.39. The van der Waals surface area contributed by atoms with Crippen molar-refractivity contribution in [2.75, 3.05) is 7.05 Å². The number of thiazole rings is 1. The third kappa shape index (κ3) is 3.92. The van der Waals surface area contributed by atoms with Gasteiger partial charge in [-0.2, -0.15) is 0 Å². The van der Waals surface area contributed by atoms with Crippen molar-refractivity contribution in [3.8, 4) is 0 Å². The molecule has 1 aromatic heterocycles. The Morgan fingerprint density at radius 3 is 2.53 bits per heavy atom. The van der Waals surface area contributed by atoms with Crippen LogP contribution in [-0.4, -0.2) is 12.0 Å². The standard InChI is InChI=1S/C12H22N2S/c1-9-11(15-8-14-9)10(13-5)6-7-12(2,3)4/h8,10,13H,6-7H2,1-5H3. The number of nitrogens with one attached hydrogen (secondary N) is 1. The van der Waals surface area contributed by atoms with Crippen LogP contribution >= 0.6 is 11.3 Å². The molecule has 0 aromatic carbocycles. The monoisotopic (exact) mass is 226 g/mol. The molecule has 15 heavy (non-hydrogen) atoms. The maximum atomic E-state index is 4.31. The van der Waals surface area contributed by atoms with E-state index in [-0.39, 0.29) is 0 Å². The molecule has 1 rings (SSSR count). The first-order chi connectivity index (χ1) is 6.94. The average molecular weight is 226 g/mol. The molecule has 0 saturated carbocycles. The van der Waals surface area contributed by atoms with E-state index in [9.17, 15) is 0 Å². The van der Waals surface area contributed by atoms with Crippen LogP contribution in [0, 0.1) is 12.3 Å². The zero-order chi connectivity index (χ0) is 11.5. The Morgan fingerprint density at radius 1 is 1.47 bits per heavy atom. The zero-order valence-corrected chi connectivity index (χ0v) is 11.2. The Balaban J connectivity index is 2.61. The van der Waals surface area contributed by atoms with Crippen molar-refractivity contribution in [1.29, 1.82) is 0 Å². The molecule has 86 valence electrons. The molecule has 0 fully saturated rings. The molecule has 2 nitrogen and oxygen atoms in total. The van der Waals surface area contributed by atoms with Gasteiger partial charge in [0.05, 0.1) is 11.2 Å². The van der Waals surface area contributed by atoms with E-state index in [2.05, 4.69) is 38.0 Å². The highest BCUT2D eigenvalue weighted by Crippen LogP contribution is 2.30. The molecule has 1 atom stereocenters. The Hall–Kier alpha value is -0.410. The number of hydrogen-bond acceptors (Lipinski definition) is 3. The number of aryl methyl sites for hydroxylation is 1. The van der Waals surface area contributed by atoms with Crippen LogP contribution in [0.3, 0.4) is 0 Å². The Bertz CT molecular complexity index is 299. The van der Waals surface area contributed by atoms with Crippen LogP contribution in [0.1, 0.15) is 50.2 Å². The normalized spacial score (nSPS) is 14.2. The van der Waals surface area contributed by atoms with Gasteiger partial charge in [-0.25, -0.2) is 4.98 Å². The highest BCUT2D eigenvalue weighted by Gasteiger charge is 2.18. The molecular formula is C12H22N2S. The van der Waals surface area contributed by atoms with Gasteiger partial charge in [-0.15, -0.1) is 11.3 Å². The molecule has 1 unspecified atom stereocenters. The summed E-state index contributed by atoms with van der Waals surface area (Å²) in [6.45, 7) is 8.96. The second-order valence-electron chi connectivity index (χ2n) is 5.24. The molecule has 0 aliphatic rings. The minimum absolute atomic E-state index is 0.410. The number of nitrogens with zero attached hydrogens (tertiary/aromatic N) is 1. The zero-order valence-electron chi connectivity index (χ0n) is 10.4. The maximum absolute atomic E-state index is 4.31. The average Bonchev–Trinajstić information content (AvgIpc) is 2.52. The first kappa shape index (κ1) is 12.7. The lowest BCUT2D eigenvalue weighted by molar-refractivity contribution is 0.339. The minimum atomic E-state index is 0.410. The fourth-order valence-electron chi connectivity index (χ4n) is 1.63. The van der Waals surface area contributed by atoms with Crippen LogP contribution < -0.4 is 5.32 Å². The number of rotatable bonds is 4. The lowest BCUT2D eigenvalue weighted by Gasteiger charge is -2.22. The van der Waals surface area contributed by atoms with E-state index in [4.69, 9.17) is 0 Å². The van der Waals surface area contributed by atoms with Gasteiger partial charge >= 0.3 is 0 Å². The molecule has 0 spiro atoms. The second-order valence-corrected chi connectivity index (χ2v) is 6.13. The van der Waals surface area contributed by atoms with Crippen LogP contribution in [-0.2, 0) is 0 Å². The molecule has 0 aliphatic heterocycles. The van der Waals surface area contributed by atoms with Crippen molar-refractivity contribution in [3.05, 3.63) is 16.1 Å². The van der Waals surface area contributed by atoms with Gasteiger partial charge in [0.1, 0.15) is 0 Å². The SMILES string of the molecule is CNC(CCC(C)(C)C)c1scnc1C. The first-order valence-electron chi connectivity index (χ1n) is 5.51. The Morgan fingerprint density at radius 2 is 2.13 bits per heavy atom. The van der Waals surface area contributed by atoms with E-state index in [0.29, 0.717) is 11.5 Å². The van der Waals surface area contributed by atoms with Gasteiger partial charge in [-0.05, 0) is 32.2 Å². The number of hydrogen-bond donors (Lipinski definition) is 1. The van der Waals surface area contributed by atoms with E-state index >= 15 is 0 Å². The highest BCUT2D eigenvalue weighted by atomic mass is 32.1. The molecule has 0 bridgehead atoms. The van der Waals surface area contributed by atoms with Gasteiger partial charge < -0.3 is 5.32 Å². The minimum Gasteiger partial charge on any atom is -0.312 e. The molecule has 1 heterocycles. The molecule has 0 saturated heterocycles. The molecule has 3 heteroatoms. The number of aromatic nitrogens is 1. The Kier molecular flexibility index (Phi) is 4.29. The fraction of sp³-hybridized carbons (Fsp3) is 0.750. The summed E-state index contributed by atoms with van der Waals surface area (Å²) < 4.78 is 0. The lowest BCUT2D eigenvalue weighted by Crippen LogP contribution is -2.18. The predicted molar refractivity (Wildman–Crippen MR) is 67.3 cm³/mol. The third-order valence-corrected chi connectivity index (χ3v) is 3.68. The molecule has 1 N–H and O–H groups in total. The van der Waals surface area contributed by atoms with Crippen LogP contribution in [0.4, 0.5) is 0 Å². The molecule has 1 aromatic rings. The Labute approximate surface area is 97.1 Å². The van der Waals surface area contributed by atoms with Crippen molar-refractivity contribution in [2.45, 2.75) is 46.6 Å². The third-order valence-electron chi connectivity index (χ3n) is 2.63. The van der Waals surface area contributed by atoms with E-state index < -0.39 is 0 Å². The summed E-state index contributed by atoms with van der Waals surface area (Å²) in [4.78, 5) is 5.70. The fourth-order valence-corrected chi connectivity index (χ4v) is 2.58. The van der Waals surface area contributed by atoms with Crippen molar-refractivity contribution in [2.24, 2.45) is 5.41 Å². The summed E-state index contributed by atoms with van der Waals surface area (Å²) in [6, 6.07) is 0.469. The van der Waals surface area contributed by atoms with Crippen molar-refractivity contribution in [3.63, 3.8) is 0 Å². The largest absolute Gasteiger partial charge is 0.312 e. The van der Waals surface area contributed by atoms with Crippen LogP contribution in [0.2, 0.25) is 0 Å². The van der Waals surface area contributed by atoms with Crippen molar-refractivity contribution >= 4 is 11.3 Å². The van der Waals surface area contributed by atoms with Crippen LogP contribution in [0.5, 0.6) is 0 Å². The summed E-state index contributed by atoms with van der Waals surface area (Å²) in [5.74, 6) is 0. The second kappa shape index (κ2) is 5.08. The summed E-state index contributed by atoms with van der Waals surface area (Å²) in [6.07, 6.45) is 2.42. The summed E-state index contributed by atoms with van der Waals surface area (Å²) in [5, 5.41) is 3.39. The van der Waals surface area contributed by atoms with Gasteiger partial charge in [-0.1, -0.05) is 20.8 Å². The molecule has 0 amide bonds. The molecule has 0 aliphatic carbocycles. The quantitative estimate of drug-likeness (QED) is 0.849. The van der Waals surface area contributed by atoms with Gasteiger partial charge in [-0.3, -0.25) is 0 Å². The molecular weight excluding hydrogens is 204 g/mol. The lowest BCUT2D eigenvalue weighted by atomic mass is 9.88. The van der Waals surface area contributed by atoms with E-state index in [0.717, 1.165) is 0 Å². The van der Waals surface area contributed by atoms with E-state index in [1.165, 1.54) is 23.4 Å². The maximum Gasteiger partial charge on any atom is 0.0798 e. The van der Waals surface area contributed by atoms with Crippen molar-refractivity contribution in [1.82, 2.24) is 10.3 Å². The van der Waals surface area contributed by atoms with Gasteiger partial charge in [0, 0.05) is 10.9 Å². The predicted octanol–water partition coefficient (Wildman–Crippen LogP) is 3.54. The summed E-state index contributed by atoms with van der Waals surface area (Å²) in [5.41, 5.74) is 3.52. The van der Waals surface area contributed by atoms with E-state index in [1.54, 1.807) is 11.3 Å². The van der Waals surface area contributed by atoms with Crippen molar-refractivity contribution < 1.29 is 0 Å².